The molecule has 1 aromatic heterocycles. The van der Waals surface area contributed by atoms with Gasteiger partial charge in [-0.05, 0) is 36.8 Å². The molecule has 1 aromatic carbocycles. The van der Waals surface area contributed by atoms with E-state index in [1.54, 1.807) is 12.1 Å². The molecule has 2 nitrogen and oxygen atoms in total. The zero-order chi connectivity index (χ0) is 13.0. The van der Waals surface area contributed by atoms with Crippen LogP contribution in [0.5, 0.6) is 0 Å². The van der Waals surface area contributed by atoms with Gasteiger partial charge in [-0.2, -0.15) is 0 Å². The van der Waals surface area contributed by atoms with Crippen LogP contribution in [0.4, 0.5) is 4.39 Å². The van der Waals surface area contributed by atoms with Crippen LogP contribution in [0.3, 0.4) is 0 Å². The van der Waals surface area contributed by atoms with E-state index in [4.69, 9.17) is 11.6 Å². The molecule has 0 atom stereocenters. The van der Waals surface area contributed by atoms with Crippen LogP contribution in [0, 0.1) is 12.7 Å². The van der Waals surface area contributed by atoms with Crippen LogP contribution < -0.4 is 5.32 Å². The van der Waals surface area contributed by atoms with Gasteiger partial charge in [0.25, 0.3) is 0 Å². The van der Waals surface area contributed by atoms with Crippen LogP contribution in [-0.4, -0.2) is 4.98 Å². The van der Waals surface area contributed by atoms with Gasteiger partial charge in [-0.1, -0.05) is 17.7 Å². The molecule has 0 aliphatic rings. The number of benzene rings is 1. The average molecular weight is 265 g/mol. The highest BCUT2D eigenvalue weighted by Crippen LogP contribution is 2.14. The average Bonchev–Trinajstić information content (AvgIpc) is 2.36. The molecule has 2 aromatic rings. The summed E-state index contributed by atoms with van der Waals surface area (Å²) in [6.07, 6.45) is 1.82. The lowest BCUT2D eigenvalue weighted by molar-refractivity contribution is 0.587. The Morgan fingerprint density at radius 1 is 1.22 bits per heavy atom. The molecule has 2 rings (SSSR count). The van der Waals surface area contributed by atoms with E-state index in [0.717, 1.165) is 11.3 Å². The zero-order valence-electron chi connectivity index (χ0n) is 10.1. The van der Waals surface area contributed by atoms with Crippen molar-refractivity contribution in [3.8, 4) is 0 Å². The number of aromatic nitrogens is 1. The monoisotopic (exact) mass is 264 g/mol. The third-order valence-electron chi connectivity index (χ3n) is 2.62. The summed E-state index contributed by atoms with van der Waals surface area (Å²) in [5, 5.41) is 3.71. The lowest BCUT2D eigenvalue weighted by Crippen LogP contribution is -2.13. The smallest absolute Gasteiger partial charge is 0.127 e. The van der Waals surface area contributed by atoms with Crippen molar-refractivity contribution in [2.45, 2.75) is 20.0 Å². The fourth-order valence-electron chi connectivity index (χ4n) is 1.62. The van der Waals surface area contributed by atoms with Crippen molar-refractivity contribution in [1.82, 2.24) is 10.3 Å². The van der Waals surface area contributed by atoms with Gasteiger partial charge >= 0.3 is 0 Å². The summed E-state index contributed by atoms with van der Waals surface area (Å²) < 4.78 is 13.4. The quantitative estimate of drug-likeness (QED) is 0.915. The predicted molar refractivity (Wildman–Crippen MR) is 70.9 cm³/mol. The summed E-state index contributed by atoms with van der Waals surface area (Å²) in [6.45, 7) is 3.04. The van der Waals surface area contributed by atoms with Gasteiger partial charge in [-0.25, -0.2) is 4.39 Å². The van der Waals surface area contributed by atoms with Crippen molar-refractivity contribution in [3.05, 3.63) is 64.2 Å². The molecule has 94 valence electrons. The van der Waals surface area contributed by atoms with E-state index in [9.17, 15) is 4.39 Å². The Kier molecular flexibility index (Phi) is 4.28. The second kappa shape index (κ2) is 5.94. The number of hydrogen-bond acceptors (Lipinski definition) is 2. The third kappa shape index (κ3) is 3.52. The van der Waals surface area contributed by atoms with Gasteiger partial charge in [0, 0.05) is 35.6 Å². The molecule has 1 heterocycles. The first-order valence-electron chi connectivity index (χ1n) is 5.71. The molecule has 0 unspecified atom stereocenters. The van der Waals surface area contributed by atoms with E-state index >= 15 is 0 Å². The molecule has 0 radical (unpaired) electrons. The molecule has 0 fully saturated rings. The Morgan fingerprint density at radius 2 is 2.06 bits per heavy atom. The summed E-state index contributed by atoms with van der Waals surface area (Å²) >= 11 is 5.83. The zero-order valence-corrected chi connectivity index (χ0v) is 10.8. The molecule has 4 heteroatoms. The van der Waals surface area contributed by atoms with Crippen LogP contribution in [0.25, 0.3) is 0 Å². The number of rotatable bonds is 4. The van der Waals surface area contributed by atoms with Crippen LogP contribution in [0.15, 0.2) is 36.5 Å². The first-order chi connectivity index (χ1) is 8.65. The van der Waals surface area contributed by atoms with Gasteiger partial charge in [0.2, 0.25) is 0 Å². The van der Waals surface area contributed by atoms with E-state index in [2.05, 4.69) is 10.3 Å². The van der Waals surface area contributed by atoms with E-state index in [0.29, 0.717) is 23.7 Å². The molecule has 0 saturated carbocycles. The summed E-state index contributed by atoms with van der Waals surface area (Å²) in [6, 6.07) is 8.52. The minimum absolute atomic E-state index is 0.242. The second-order valence-electron chi connectivity index (χ2n) is 4.15. The topological polar surface area (TPSA) is 24.9 Å². The van der Waals surface area contributed by atoms with E-state index < -0.39 is 0 Å². The standard InChI is InChI=1S/C14H14ClFN2/c1-10-2-3-11(8-18-10)7-17-9-12-6-13(15)4-5-14(12)16/h2-6,8,17H,7,9H2,1H3. The Morgan fingerprint density at radius 3 is 2.78 bits per heavy atom. The number of aryl methyl sites for hydroxylation is 1. The lowest BCUT2D eigenvalue weighted by Gasteiger charge is -2.06. The third-order valence-corrected chi connectivity index (χ3v) is 2.86. The maximum absolute atomic E-state index is 13.4. The summed E-state index contributed by atoms with van der Waals surface area (Å²) in [7, 11) is 0. The number of pyridine rings is 1. The molecule has 0 bridgehead atoms. The molecule has 0 saturated heterocycles. The number of hydrogen-bond donors (Lipinski definition) is 1. The molecule has 0 spiro atoms. The molecule has 18 heavy (non-hydrogen) atoms. The maximum Gasteiger partial charge on any atom is 0.127 e. The molecule has 0 amide bonds. The number of nitrogens with zero attached hydrogens (tertiary/aromatic N) is 1. The largest absolute Gasteiger partial charge is 0.308 e. The first kappa shape index (κ1) is 13.0. The van der Waals surface area contributed by atoms with Crippen molar-refractivity contribution in [2.24, 2.45) is 0 Å². The second-order valence-corrected chi connectivity index (χ2v) is 4.58. The number of nitrogens with one attached hydrogen (secondary N) is 1. The Bertz CT molecular complexity index is 526. The SMILES string of the molecule is Cc1ccc(CNCc2cc(Cl)ccc2F)cn1. The van der Waals surface area contributed by atoms with Crippen molar-refractivity contribution >= 4 is 11.6 Å². The molecule has 0 aliphatic heterocycles. The molecular formula is C14H14ClFN2. The first-order valence-corrected chi connectivity index (χ1v) is 6.09. The van der Waals surface area contributed by atoms with Gasteiger partial charge in [-0.15, -0.1) is 0 Å². The number of halogens is 2. The van der Waals surface area contributed by atoms with Crippen LogP contribution in [0.2, 0.25) is 5.02 Å². The fourth-order valence-corrected chi connectivity index (χ4v) is 1.82. The Balaban J connectivity index is 1.92. The van der Waals surface area contributed by atoms with Crippen molar-refractivity contribution < 1.29 is 4.39 Å². The van der Waals surface area contributed by atoms with E-state index in [1.165, 1.54) is 6.07 Å². The highest BCUT2D eigenvalue weighted by atomic mass is 35.5. The van der Waals surface area contributed by atoms with E-state index in [-0.39, 0.29) is 5.82 Å². The van der Waals surface area contributed by atoms with Gasteiger partial charge in [0.15, 0.2) is 0 Å². The van der Waals surface area contributed by atoms with E-state index in [1.807, 2.05) is 25.3 Å². The normalized spacial score (nSPS) is 10.6. The van der Waals surface area contributed by atoms with Gasteiger partial charge < -0.3 is 5.32 Å². The van der Waals surface area contributed by atoms with Crippen molar-refractivity contribution in [2.75, 3.05) is 0 Å². The van der Waals surface area contributed by atoms with Crippen molar-refractivity contribution in [1.29, 1.82) is 0 Å². The lowest BCUT2D eigenvalue weighted by atomic mass is 10.2. The van der Waals surface area contributed by atoms with Crippen LogP contribution >= 0.6 is 11.6 Å². The highest BCUT2D eigenvalue weighted by molar-refractivity contribution is 6.30. The minimum Gasteiger partial charge on any atom is -0.308 e. The maximum atomic E-state index is 13.4. The van der Waals surface area contributed by atoms with Gasteiger partial charge in [0.1, 0.15) is 5.82 Å². The van der Waals surface area contributed by atoms with Gasteiger partial charge in [-0.3, -0.25) is 4.98 Å². The van der Waals surface area contributed by atoms with Crippen molar-refractivity contribution in [3.63, 3.8) is 0 Å². The Hall–Kier alpha value is -1.45. The summed E-state index contributed by atoms with van der Waals surface area (Å²) in [5.41, 5.74) is 2.63. The predicted octanol–water partition coefficient (Wildman–Crippen LogP) is 3.47. The summed E-state index contributed by atoms with van der Waals surface area (Å²) in [4.78, 5) is 4.20. The fraction of sp³-hybridized carbons (Fsp3) is 0.214. The molecular weight excluding hydrogens is 251 g/mol. The minimum atomic E-state index is -0.242. The highest BCUT2D eigenvalue weighted by Gasteiger charge is 2.02. The van der Waals surface area contributed by atoms with Crippen LogP contribution in [-0.2, 0) is 13.1 Å². The van der Waals surface area contributed by atoms with Gasteiger partial charge in [0.05, 0.1) is 0 Å². The van der Waals surface area contributed by atoms with Crippen LogP contribution in [0.1, 0.15) is 16.8 Å². The summed E-state index contributed by atoms with van der Waals surface area (Å²) in [5.74, 6) is -0.242. The Labute approximate surface area is 111 Å². The molecule has 1 N–H and O–H groups in total. The molecule has 0 aliphatic carbocycles.